The van der Waals surface area contributed by atoms with Crippen molar-refractivity contribution in [2.45, 2.75) is 51.2 Å². The van der Waals surface area contributed by atoms with Crippen molar-refractivity contribution in [1.82, 2.24) is 14.9 Å². The van der Waals surface area contributed by atoms with Gasteiger partial charge in [0.2, 0.25) is 0 Å². The molecule has 5 heteroatoms. The maximum Gasteiger partial charge on any atom is 0.335 e. The van der Waals surface area contributed by atoms with E-state index in [1.807, 2.05) is 6.07 Å². The molecule has 0 spiro atoms. The fourth-order valence-corrected chi connectivity index (χ4v) is 5.70. The Bertz CT molecular complexity index is 1560. The number of fused-ring (bicyclic) bond motifs is 2. The Morgan fingerprint density at radius 1 is 0.892 bits per heavy atom. The Kier molecular flexibility index (Phi) is 6.46. The van der Waals surface area contributed by atoms with Crippen molar-refractivity contribution in [2.24, 2.45) is 0 Å². The average Bonchev–Trinajstić information content (AvgIpc) is 3.33. The van der Waals surface area contributed by atoms with Crippen molar-refractivity contribution in [1.29, 1.82) is 0 Å². The van der Waals surface area contributed by atoms with Gasteiger partial charge >= 0.3 is 5.97 Å². The van der Waals surface area contributed by atoms with Gasteiger partial charge in [0.15, 0.2) is 0 Å². The molecule has 1 aromatic heterocycles. The van der Waals surface area contributed by atoms with Crippen LogP contribution in [0.5, 0.6) is 0 Å². The number of nitrogens with one attached hydrogen (secondary N) is 1. The van der Waals surface area contributed by atoms with Crippen molar-refractivity contribution in [2.75, 3.05) is 0 Å². The quantitative estimate of drug-likeness (QED) is 0.251. The first kappa shape index (κ1) is 23.4. The number of aromatic nitrogens is 2. The van der Waals surface area contributed by atoms with Crippen LogP contribution in [0.2, 0.25) is 0 Å². The van der Waals surface area contributed by atoms with Crippen molar-refractivity contribution >= 4 is 27.8 Å². The Morgan fingerprint density at radius 2 is 1.68 bits per heavy atom. The predicted molar refractivity (Wildman–Crippen MR) is 149 cm³/mol. The number of hydrogen-bond acceptors (Lipinski definition) is 3. The van der Waals surface area contributed by atoms with Gasteiger partial charge in [0.1, 0.15) is 5.82 Å². The first-order chi connectivity index (χ1) is 18.2. The van der Waals surface area contributed by atoms with Crippen LogP contribution in [0.4, 0.5) is 0 Å². The van der Waals surface area contributed by atoms with Crippen molar-refractivity contribution < 1.29 is 9.90 Å². The van der Waals surface area contributed by atoms with E-state index >= 15 is 0 Å². The summed E-state index contributed by atoms with van der Waals surface area (Å²) in [6.07, 6.45) is 5.99. The van der Waals surface area contributed by atoms with Crippen LogP contribution in [0, 0.1) is 0 Å². The molecular formula is C32H31N3O2. The predicted octanol–water partition coefficient (Wildman–Crippen LogP) is 7.35. The van der Waals surface area contributed by atoms with Gasteiger partial charge in [-0.15, -0.1) is 0 Å². The summed E-state index contributed by atoms with van der Waals surface area (Å²) in [7, 11) is 0. The van der Waals surface area contributed by atoms with Crippen LogP contribution in [0.15, 0.2) is 84.9 Å². The third kappa shape index (κ3) is 4.75. The number of nitrogens with zero attached hydrogens (tertiary/aromatic N) is 2. The number of imidazole rings is 1. The van der Waals surface area contributed by atoms with E-state index in [4.69, 9.17) is 4.98 Å². The second-order valence-corrected chi connectivity index (χ2v) is 10.0. The zero-order valence-corrected chi connectivity index (χ0v) is 20.9. The van der Waals surface area contributed by atoms with E-state index in [0.29, 0.717) is 6.04 Å². The summed E-state index contributed by atoms with van der Waals surface area (Å²) in [5.74, 6) is 0.00993. The minimum Gasteiger partial charge on any atom is -0.478 e. The van der Waals surface area contributed by atoms with Gasteiger partial charge in [-0.25, -0.2) is 9.78 Å². The lowest BCUT2D eigenvalue weighted by Crippen LogP contribution is -2.14. The molecular weight excluding hydrogens is 458 g/mol. The zero-order chi connectivity index (χ0) is 25.2. The summed E-state index contributed by atoms with van der Waals surface area (Å²) in [5, 5.41) is 15.6. The molecule has 5 nitrogen and oxygen atoms in total. The molecule has 0 amide bonds. The molecule has 0 bridgehead atoms. The van der Waals surface area contributed by atoms with Crippen LogP contribution in [0.3, 0.4) is 0 Å². The van der Waals surface area contributed by atoms with E-state index in [2.05, 4.69) is 76.6 Å². The minimum absolute atomic E-state index is 0.278. The number of benzene rings is 4. The van der Waals surface area contributed by atoms with Gasteiger partial charge in [0.05, 0.1) is 16.6 Å². The van der Waals surface area contributed by atoms with Crippen LogP contribution in [-0.4, -0.2) is 20.6 Å². The Hall–Kier alpha value is -3.96. The molecule has 0 radical (unpaired) electrons. The summed E-state index contributed by atoms with van der Waals surface area (Å²) < 4.78 is 2.36. The number of rotatable bonds is 7. The highest BCUT2D eigenvalue weighted by Gasteiger charge is 2.23. The van der Waals surface area contributed by atoms with Crippen LogP contribution in [-0.2, 0) is 13.1 Å². The Balaban J connectivity index is 1.24. The molecule has 1 aliphatic carbocycles. The van der Waals surface area contributed by atoms with Gasteiger partial charge in [-0.05, 0) is 52.9 Å². The summed E-state index contributed by atoms with van der Waals surface area (Å²) in [4.78, 5) is 16.5. The third-order valence-electron chi connectivity index (χ3n) is 7.61. The summed E-state index contributed by atoms with van der Waals surface area (Å²) in [6.45, 7) is 1.59. The normalized spacial score (nSPS) is 14.4. The van der Waals surface area contributed by atoms with Crippen LogP contribution in [0.25, 0.3) is 33.2 Å². The molecule has 0 saturated heterocycles. The van der Waals surface area contributed by atoms with Gasteiger partial charge in [-0.1, -0.05) is 86.0 Å². The summed E-state index contributed by atoms with van der Waals surface area (Å²) in [5.41, 5.74) is 5.64. The largest absolute Gasteiger partial charge is 0.478 e. The number of carboxylic acid groups (broad SMARTS) is 1. The molecule has 2 N–H and O–H groups in total. The lowest BCUT2D eigenvalue weighted by atomic mass is 9.94. The first-order valence-electron chi connectivity index (χ1n) is 13.2. The molecule has 4 aromatic carbocycles. The van der Waals surface area contributed by atoms with Crippen molar-refractivity contribution in [3.05, 3.63) is 102 Å². The molecule has 6 rings (SSSR count). The van der Waals surface area contributed by atoms with Crippen LogP contribution in [0.1, 0.15) is 59.6 Å². The second-order valence-electron chi connectivity index (χ2n) is 10.0. The first-order valence-corrected chi connectivity index (χ1v) is 13.2. The topological polar surface area (TPSA) is 67.2 Å². The molecule has 1 saturated carbocycles. The molecule has 5 aromatic rings. The standard InChI is InChI=1S/C32H31N3O2/c36-32(37)25-17-18-30-29(19-25)34-31(35(30)27-10-2-1-3-11-27)24-15-13-22(14-16-24)20-33-21-26-9-6-8-23-7-4-5-12-28(23)26/h4-9,12-19,27,33H,1-3,10-11,20-21H2,(H,36,37). The van der Waals surface area contributed by atoms with Gasteiger partial charge in [-0.2, -0.15) is 0 Å². The third-order valence-corrected chi connectivity index (χ3v) is 7.61. The van der Waals surface area contributed by atoms with E-state index in [1.165, 1.54) is 41.2 Å². The monoisotopic (exact) mass is 489 g/mol. The van der Waals surface area contributed by atoms with E-state index < -0.39 is 5.97 Å². The van der Waals surface area contributed by atoms with Crippen LogP contribution < -0.4 is 5.32 Å². The molecule has 0 atom stereocenters. The fraction of sp³-hybridized carbons (Fsp3) is 0.250. The SMILES string of the molecule is O=C(O)c1ccc2c(c1)nc(-c1ccc(CNCc3cccc4ccccc34)cc1)n2C1CCCCC1. The number of hydrogen-bond donors (Lipinski definition) is 2. The second kappa shape index (κ2) is 10.2. The van der Waals surface area contributed by atoms with E-state index in [9.17, 15) is 9.90 Å². The molecule has 1 fully saturated rings. The molecule has 1 heterocycles. The highest BCUT2D eigenvalue weighted by molar-refractivity contribution is 5.93. The molecule has 0 aliphatic heterocycles. The smallest absolute Gasteiger partial charge is 0.335 e. The zero-order valence-electron chi connectivity index (χ0n) is 20.9. The van der Waals surface area contributed by atoms with Gasteiger partial charge in [-0.3, -0.25) is 0 Å². The van der Waals surface area contributed by atoms with Gasteiger partial charge in [0.25, 0.3) is 0 Å². The Labute approximate surface area is 216 Å². The Morgan fingerprint density at radius 3 is 2.49 bits per heavy atom. The lowest BCUT2D eigenvalue weighted by molar-refractivity contribution is 0.0697. The number of carboxylic acids is 1. The molecule has 0 unspecified atom stereocenters. The van der Waals surface area contributed by atoms with Gasteiger partial charge in [0, 0.05) is 24.7 Å². The summed E-state index contributed by atoms with van der Waals surface area (Å²) >= 11 is 0. The number of carbonyl (C=O) groups is 1. The van der Waals surface area contributed by atoms with E-state index in [0.717, 1.165) is 48.4 Å². The number of aromatic carboxylic acids is 1. The fourth-order valence-electron chi connectivity index (χ4n) is 5.70. The highest BCUT2D eigenvalue weighted by Crippen LogP contribution is 2.36. The summed E-state index contributed by atoms with van der Waals surface area (Å²) in [6, 6.07) is 29.3. The maximum atomic E-state index is 11.5. The molecule has 37 heavy (non-hydrogen) atoms. The van der Waals surface area contributed by atoms with E-state index in [1.54, 1.807) is 12.1 Å². The maximum absolute atomic E-state index is 11.5. The minimum atomic E-state index is -0.920. The molecule has 1 aliphatic rings. The van der Waals surface area contributed by atoms with Crippen molar-refractivity contribution in [3.8, 4) is 11.4 Å². The highest BCUT2D eigenvalue weighted by atomic mass is 16.4. The lowest BCUT2D eigenvalue weighted by Gasteiger charge is -2.25. The molecule has 186 valence electrons. The van der Waals surface area contributed by atoms with E-state index in [-0.39, 0.29) is 5.56 Å². The van der Waals surface area contributed by atoms with Gasteiger partial charge < -0.3 is 15.0 Å². The van der Waals surface area contributed by atoms with Crippen LogP contribution >= 0.6 is 0 Å². The average molecular weight is 490 g/mol. The van der Waals surface area contributed by atoms with Crippen molar-refractivity contribution in [3.63, 3.8) is 0 Å².